The highest BCUT2D eigenvalue weighted by molar-refractivity contribution is 5.81. The Morgan fingerprint density at radius 2 is 2.05 bits per heavy atom. The van der Waals surface area contributed by atoms with E-state index in [1.807, 2.05) is 13.1 Å². The first-order valence-corrected chi connectivity index (χ1v) is 7.66. The zero-order valence-electron chi connectivity index (χ0n) is 13.3. The molecule has 2 atom stereocenters. The minimum Gasteiger partial charge on any atom is -0.493 e. The number of methoxy groups -OCH3 is 2. The Labute approximate surface area is 130 Å². The number of likely N-dealkylation sites (N-methyl/N-ethyl adjacent to an activating group) is 1. The van der Waals surface area contributed by atoms with Crippen LogP contribution in [-0.4, -0.2) is 44.5 Å². The van der Waals surface area contributed by atoms with E-state index in [1.54, 1.807) is 6.07 Å². The molecule has 1 saturated carbocycles. The monoisotopic (exact) mass is 307 g/mol. The second-order valence-corrected chi connectivity index (χ2v) is 6.34. The highest BCUT2D eigenvalue weighted by Gasteiger charge is 2.50. The first kappa shape index (κ1) is 15.3. The largest absolute Gasteiger partial charge is 0.493 e. The lowest BCUT2D eigenvalue weighted by molar-refractivity contribution is -0.122. The molecule has 0 amide bonds. The van der Waals surface area contributed by atoms with Gasteiger partial charge in [0.1, 0.15) is 5.78 Å². The van der Waals surface area contributed by atoms with E-state index < -0.39 is 5.82 Å². The van der Waals surface area contributed by atoms with Gasteiger partial charge in [0, 0.05) is 24.3 Å². The Morgan fingerprint density at radius 1 is 1.27 bits per heavy atom. The first-order chi connectivity index (χ1) is 10.5. The number of carbonyl (C=O) groups excluding carboxylic acids is 1. The van der Waals surface area contributed by atoms with Crippen molar-refractivity contribution in [3.05, 3.63) is 23.5 Å². The number of nitrogens with zero attached hydrogens (tertiary/aromatic N) is 1. The Kier molecular flexibility index (Phi) is 3.85. The molecule has 1 heterocycles. The highest BCUT2D eigenvalue weighted by Crippen LogP contribution is 2.49. The second kappa shape index (κ2) is 5.54. The van der Waals surface area contributed by atoms with Gasteiger partial charge < -0.3 is 14.4 Å². The van der Waals surface area contributed by atoms with Crippen molar-refractivity contribution in [1.82, 2.24) is 4.90 Å². The average molecular weight is 307 g/mol. The van der Waals surface area contributed by atoms with Crippen molar-refractivity contribution in [2.24, 2.45) is 0 Å². The van der Waals surface area contributed by atoms with Crippen molar-refractivity contribution >= 4 is 5.78 Å². The molecule has 2 fully saturated rings. The number of fused-ring (bicyclic) bond motifs is 1. The van der Waals surface area contributed by atoms with Gasteiger partial charge in [-0.15, -0.1) is 0 Å². The van der Waals surface area contributed by atoms with Crippen LogP contribution in [0.3, 0.4) is 0 Å². The normalized spacial score (nSPS) is 28.5. The summed E-state index contributed by atoms with van der Waals surface area (Å²) in [5, 5.41) is 0. The van der Waals surface area contributed by atoms with Crippen LogP contribution in [0.5, 0.6) is 11.5 Å². The van der Waals surface area contributed by atoms with Crippen molar-refractivity contribution in [1.29, 1.82) is 0 Å². The minimum atomic E-state index is -0.406. The third-order valence-corrected chi connectivity index (χ3v) is 5.36. The summed E-state index contributed by atoms with van der Waals surface area (Å²) in [5.74, 6) is 0.446. The molecule has 1 aliphatic carbocycles. The maximum atomic E-state index is 14.4. The number of halogens is 1. The van der Waals surface area contributed by atoms with Crippen LogP contribution >= 0.6 is 0 Å². The molecule has 0 bridgehead atoms. The van der Waals surface area contributed by atoms with E-state index in [4.69, 9.17) is 9.47 Å². The van der Waals surface area contributed by atoms with E-state index >= 15 is 0 Å². The van der Waals surface area contributed by atoms with E-state index in [1.165, 1.54) is 14.2 Å². The maximum absolute atomic E-state index is 14.4. The fourth-order valence-corrected chi connectivity index (χ4v) is 4.13. The molecule has 1 aromatic carbocycles. The van der Waals surface area contributed by atoms with Crippen LogP contribution in [0.4, 0.5) is 4.39 Å². The third-order valence-electron chi connectivity index (χ3n) is 5.36. The smallest absolute Gasteiger partial charge is 0.196 e. The van der Waals surface area contributed by atoms with Crippen LogP contribution in [0.2, 0.25) is 0 Å². The topological polar surface area (TPSA) is 38.8 Å². The van der Waals surface area contributed by atoms with Crippen LogP contribution in [0, 0.1) is 5.82 Å². The summed E-state index contributed by atoms with van der Waals surface area (Å²) in [6.45, 7) is 0.925. The lowest BCUT2D eigenvalue weighted by atomic mass is 9.66. The van der Waals surface area contributed by atoms with E-state index in [2.05, 4.69) is 4.90 Å². The number of Topliss-reactive ketones (excluding diaryl/α,β-unsaturated/α-hetero) is 1. The van der Waals surface area contributed by atoms with E-state index in [0.717, 1.165) is 24.9 Å². The van der Waals surface area contributed by atoms with E-state index in [-0.39, 0.29) is 17.2 Å². The van der Waals surface area contributed by atoms with Crippen LogP contribution in [0.15, 0.2) is 12.1 Å². The molecule has 0 N–H and O–H groups in total. The van der Waals surface area contributed by atoms with Crippen molar-refractivity contribution in [3.63, 3.8) is 0 Å². The highest BCUT2D eigenvalue weighted by atomic mass is 19.1. The van der Waals surface area contributed by atoms with Gasteiger partial charge in [0.2, 0.25) is 0 Å². The molecular formula is C17H22FNO3. The summed E-state index contributed by atoms with van der Waals surface area (Å²) in [5.41, 5.74) is 0.757. The number of ether oxygens (including phenoxy) is 2. The fraction of sp³-hybridized carbons (Fsp3) is 0.588. The number of hydrogen-bond donors (Lipinski definition) is 0. The molecule has 1 aromatic rings. The number of benzene rings is 1. The fourth-order valence-electron chi connectivity index (χ4n) is 4.13. The molecule has 3 rings (SSSR count). The van der Waals surface area contributed by atoms with Crippen molar-refractivity contribution < 1.29 is 18.7 Å². The third kappa shape index (κ3) is 2.19. The number of carbonyl (C=O) groups is 1. The molecule has 2 aliphatic rings. The van der Waals surface area contributed by atoms with Crippen LogP contribution < -0.4 is 9.47 Å². The summed E-state index contributed by atoms with van der Waals surface area (Å²) in [4.78, 5) is 14.1. The van der Waals surface area contributed by atoms with Crippen molar-refractivity contribution in [2.75, 3.05) is 27.8 Å². The molecule has 120 valence electrons. The molecular weight excluding hydrogens is 285 g/mol. The lowest BCUT2D eigenvalue weighted by Gasteiger charge is -2.41. The summed E-state index contributed by atoms with van der Waals surface area (Å²) in [7, 11) is 4.99. The Balaban J connectivity index is 2.09. The van der Waals surface area contributed by atoms with Gasteiger partial charge in [-0.1, -0.05) is 0 Å². The van der Waals surface area contributed by atoms with Gasteiger partial charge >= 0.3 is 0 Å². The molecule has 0 spiro atoms. The van der Waals surface area contributed by atoms with Crippen LogP contribution in [0.1, 0.15) is 31.2 Å². The molecule has 22 heavy (non-hydrogen) atoms. The van der Waals surface area contributed by atoms with Crippen molar-refractivity contribution in [3.8, 4) is 11.5 Å². The zero-order chi connectivity index (χ0) is 15.9. The van der Waals surface area contributed by atoms with Gasteiger partial charge in [-0.05, 0) is 44.1 Å². The molecule has 0 radical (unpaired) electrons. The van der Waals surface area contributed by atoms with Gasteiger partial charge in [-0.3, -0.25) is 4.79 Å². The molecule has 5 heteroatoms. The first-order valence-electron chi connectivity index (χ1n) is 7.66. The number of ketones is 1. The van der Waals surface area contributed by atoms with E-state index in [9.17, 15) is 9.18 Å². The Hall–Kier alpha value is -1.62. The summed E-state index contributed by atoms with van der Waals surface area (Å²) >= 11 is 0. The van der Waals surface area contributed by atoms with Crippen molar-refractivity contribution in [2.45, 2.75) is 37.1 Å². The zero-order valence-corrected chi connectivity index (χ0v) is 13.3. The second-order valence-electron chi connectivity index (χ2n) is 6.34. The standard InChI is InChI=1S/C17H22FNO3/c1-19-7-6-17(5-4-12(20)10-15(17)19)11-8-13(18)16(22-3)14(9-11)21-2/h8-9,15H,4-7,10H2,1-3H3/t15?,17-/m0/s1. The SMILES string of the molecule is COc1cc([C@@]23CCC(=O)CC2N(C)CC3)cc(F)c1OC. The summed E-state index contributed by atoms with van der Waals surface area (Å²) in [6.07, 6.45) is 2.83. The summed E-state index contributed by atoms with van der Waals surface area (Å²) < 4.78 is 24.8. The number of rotatable bonds is 3. The quantitative estimate of drug-likeness (QED) is 0.860. The predicted molar refractivity (Wildman–Crippen MR) is 81.1 cm³/mol. The minimum absolute atomic E-state index is 0.137. The molecule has 4 nitrogen and oxygen atoms in total. The number of hydrogen-bond acceptors (Lipinski definition) is 4. The number of likely N-dealkylation sites (tertiary alicyclic amines) is 1. The average Bonchev–Trinajstić information content (AvgIpc) is 2.84. The Morgan fingerprint density at radius 3 is 2.73 bits per heavy atom. The maximum Gasteiger partial charge on any atom is 0.196 e. The van der Waals surface area contributed by atoms with Gasteiger partial charge in [0.05, 0.1) is 14.2 Å². The van der Waals surface area contributed by atoms with Gasteiger partial charge in [0.15, 0.2) is 17.3 Å². The van der Waals surface area contributed by atoms with Gasteiger partial charge in [-0.25, -0.2) is 4.39 Å². The molecule has 1 unspecified atom stereocenters. The summed E-state index contributed by atoms with van der Waals surface area (Å²) in [6, 6.07) is 3.58. The lowest BCUT2D eigenvalue weighted by Crippen LogP contribution is -2.46. The van der Waals surface area contributed by atoms with Gasteiger partial charge in [0.25, 0.3) is 0 Å². The molecule has 0 aromatic heterocycles. The van der Waals surface area contributed by atoms with E-state index in [0.29, 0.717) is 24.4 Å². The molecule has 1 aliphatic heterocycles. The Bertz CT molecular complexity index is 604. The van der Waals surface area contributed by atoms with Gasteiger partial charge in [-0.2, -0.15) is 0 Å². The predicted octanol–water partition coefficient (Wildman–Crippen LogP) is 2.54. The van der Waals surface area contributed by atoms with Crippen LogP contribution in [0.25, 0.3) is 0 Å². The molecule has 1 saturated heterocycles. The van der Waals surface area contributed by atoms with Crippen LogP contribution in [-0.2, 0) is 10.2 Å².